The van der Waals surface area contributed by atoms with Gasteiger partial charge < -0.3 is 0 Å². The normalized spacial score (nSPS) is 11.5. The molecule has 0 amide bonds. The fraction of sp³-hybridized carbons (Fsp3) is 0.0769. The highest BCUT2D eigenvalue weighted by atomic mass is 79.9. The van der Waals surface area contributed by atoms with Crippen molar-refractivity contribution in [3.05, 3.63) is 69.9 Å². The van der Waals surface area contributed by atoms with E-state index in [9.17, 15) is 13.2 Å². The van der Waals surface area contributed by atoms with Gasteiger partial charge in [-0.2, -0.15) is 8.78 Å². The second-order valence-corrected chi connectivity index (χ2v) is 4.42. The smallest absolute Gasteiger partial charge is 0.206 e. The first-order valence-electron chi connectivity index (χ1n) is 4.90. The van der Waals surface area contributed by atoms with Crippen LogP contribution in [0.25, 0.3) is 0 Å². The van der Waals surface area contributed by atoms with Crippen molar-refractivity contribution in [3.63, 3.8) is 0 Å². The molecule has 88 valence electrons. The summed E-state index contributed by atoms with van der Waals surface area (Å²) >= 11 is 2.93. The van der Waals surface area contributed by atoms with Crippen LogP contribution in [0.4, 0.5) is 13.2 Å². The molecule has 0 aliphatic rings. The van der Waals surface area contributed by atoms with Gasteiger partial charge in [-0.3, -0.25) is 0 Å². The molecule has 17 heavy (non-hydrogen) atoms. The number of benzene rings is 2. The molecule has 4 heteroatoms. The first-order chi connectivity index (χ1) is 8.01. The van der Waals surface area contributed by atoms with Crippen LogP contribution in [0.3, 0.4) is 0 Å². The lowest BCUT2D eigenvalue weighted by Crippen LogP contribution is -2.15. The van der Waals surface area contributed by atoms with E-state index in [2.05, 4.69) is 15.9 Å². The van der Waals surface area contributed by atoms with Crippen LogP contribution in [-0.2, 0) is 5.92 Å². The third-order valence-corrected chi connectivity index (χ3v) is 3.06. The van der Waals surface area contributed by atoms with Gasteiger partial charge in [-0.05, 0) is 28.1 Å². The minimum atomic E-state index is -3.19. The largest absolute Gasteiger partial charge is 0.298 e. The third kappa shape index (κ3) is 2.36. The van der Waals surface area contributed by atoms with E-state index in [4.69, 9.17) is 0 Å². The van der Waals surface area contributed by atoms with Crippen LogP contribution in [0, 0.1) is 5.82 Å². The molecule has 2 rings (SSSR count). The van der Waals surface area contributed by atoms with Gasteiger partial charge in [0.2, 0.25) is 0 Å². The summed E-state index contributed by atoms with van der Waals surface area (Å²) in [5.41, 5.74) is -0.508. The Labute approximate surface area is 105 Å². The number of hydrogen-bond acceptors (Lipinski definition) is 0. The van der Waals surface area contributed by atoms with E-state index >= 15 is 0 Å². The predicted octanol–water partition coefficient (Wildman–Crippen LogP) is 4.73. The minimum absolute atomic E-state index is 0.151. The number of hydrogen-bond donors (Lipinski definition) is 0. The first kappa shape index (κ1) is 12.2. The van der Waals surface area contributed by atoms with E-state index in [1.54, 1.807) is 6.07 Å². The quantitative estimate of drug-likeness (QED) is 0.752. The van der Waals surface area contributed by atoms with Crippen LogP contribution in [0.2, 0.25) is 0 Å². The molecule has 0 spiro atoms. The standard InChI is InChI=1S/C13H8BrF3/c14-11-7-6-10(8-12(11)15)13(16,17)9-4-2-1-3-5-9/h1-8H. The third-order valence-electron chi connectivity index (χ3n) is 2.42. The van der Waals surface area contributed by atoms with E-state index in [1.165, 1.54) is 36.4 Å². The zero-order valence-electron chi connectivity index (χ0n) is 8.63. The summed E-state index contributed by atoms with van der Waals surface area (Å²) in [4.78, 5) is 0. The summed E-state index contributed by atoms with van der Waals surface area (Å²) in [5.74, 6) is -3.89. The molecule has 0 bridgehead atoms. The van der Waals surface area contributed by atoms with Gasteiger partial charge in [-0.25, -0.2) is 4.39 Å². The van der Waals surface area contributed by atoms with Crippen molar-refractivity contribution in [1.82, 2.24) is 0 Å². The van der Waals surface area contributed by atoms with Gasteiger partial charge in [0.1, 0.15) is 5.82 Å². The highest BCUT2D eigenvalue weighted by Gasteiger charge is 2.34. The number of halogens is 4. The molecular formula is C13H8BrF3. The Morgan fingerprint density at radius 1 is 0.882 bits per heavy atom. The molecule has 0 aliphatic heterocycles. The summed E-state index contributed by atoms with van der Waals surface area (Å²) in [6.45, 7) is 0. The van der Waals surface area contributed by atoms with Gasteiger partial charge in [-0.1, -0.05) is 36.4 Å². The summed E-state index contributed by atoms with van der Waals surface area (Å²) in [7, 11) is 0. The van der Waals surface area contributed by atoms with Gasteiger partial charge in [0.25, 0.3) is 5.92 Å². The molecule has 0 saturated carbocycles. The van der Waals surface area contributed by atoms with Gasteiger partial charge >= 0.3 is 0 Å². The maximum Gasteiger partial charge on any atom is 0.298 e. The lowest BCUT2D eigenvalue weighted by Gasteiger charge is -2.17. The van der Waals surface area contributed by atoms with Crippen LogP contribution in [0.5, 0.6) is 0 Å². The Morgan fingerprint density at radius 2 is 1.53 bits per heavy atom. The van der Waals surface area contributed by atoms with Crippen molar-refractivity contribution < 1.29 is 13.2 Å². The monoisotopic (exact) mass is 300 g/mol. The highest BCUT2D eigenvalue weighted by molar-refractivity contribution is 9.10. The van der Waals surface area contributed by atoms with E-state index in [0.29, 0.717) is 0 Å². The second-order valence-electron chi connectivity index (χ2n) is 3.57. The molecule has 0 heterocycles. The molecule has 0 fully saturated rings. The Kier molecular flexibility index (Phi) is 3.24. The van der Waals surface area contributed by atoms with E-state index < -0.39 is 11.7 Å². The molecule has 0 aromatic heterocycles. The predicted molar refractivity (Wildman–Crippen MR) is 63.5 cm³/mol. The molecule has 0 unspecified atom stereocenters. The zero-order chi connectivity index (χ0) is 12.5. The van der Waals surface area contributed by atoms with Crippen molar-refractivity contribution in [1.29, 1.82) is 0 Å². The summed E-state index contributed by atoms with van der Waals surface area (Å²) < 4.78 is 41.5. The molecule has 0 radical (unpaired) electrons. The SMILES string of the molecule is Fc1cc(C(F)(F)c2ccccc2)ccc1Br. The molecule has 0 atom stereocenters. The number of alkyl halides is 2. The first-order valence-corrected chi connectivity index (χ1v) is 5.70. The second kappa shape index (κ2) is 4.53. The average molecular weight is 301 g/mol. The van der Waals surface area contributed by atoms with E-state index in [-0.39, 0.29) is 15.6 Å². The van der Waals surface area contributed by atoms with Crippen LogP contribution < -0.4 is 0 Å². The van der Waals surface area contributed by atoms with Gasteiger partial charge in [0, 0.05) is 11.1 Å². The highest BCUT2D eigenvalue weighted by Crippen LogP contribution is 2.36. The zero-order valence-corrected chi connectivity index (χ0v) is 10.2. The molecule has 0 N–H and O–H groups in total. The molecule has 0 aliphatic carbocycles. The Bertz CT molecular complexity index is 523. The maximum atomic E-state index is 14.0. The summed E-state index contributed by atoms with van der Waals surface area (Å²) in [5, 5.41) is 0. The summed E-state index contributed by atoms with van der Waals surface area (Å²) in [6, 6.07) is 10.7. The topological polar surface area (TPSA) is 0 Å². The Hall–Kier alpha value is -1.29. The number of rotatable bonds is 2. The van der Waals surface area contributed by atoms with Crippen LogP contribution in [0.1, 0.15) is 11.1 Å². The van der Waals surface area contributed by atoms with Gasteiger partial charge in [0.15, 0.2) is 0 Å². The molecule has 0 saturated heterocycles. The average Bonchev–Trinajstić information content (AvgIpc) is 2.33. The van der Waals surface area contributed by atoms with Crippen molar-refractivity contribution >= 4 is 15.9 Å². The van der Waals surface area contributed by atoms with E-state index in [0.717, 1.165) is 6.07 Å². The van der Waals surface area contributed by atoms with Crippen molar-refractivity contribution in [2.45, 2.75) is 5.92 Å². The Balaban J connectivity index is 2.48. The van der Waals surface area contributed by atoms with E-state index in [1.807, 2.05) is 0 Å². The van der Waals surface area contributed by atoms with Crippen molar-refractivity contribution in [3.8, 4) is 0 Å². The van der Waals surface area contributed by atoms with Crippen LogP contribution in [0.15, 0.2) is 53.0 Å². The minimum Gasteiger partial charge on any atom is -0.206 e. The van der Waals surface area contributed by atoms with Crippen molar-refractivity contribution in [2.24, 2.45) is 0 Å². The fourth-order valence-electron chi connectivity index (χ4n) is 1.51. The maximum absolute atomic E-state index is 14.0. The summed E-state index contributed by atoms with van der Waals surface area (Å²) in [6.07, 6.45) is 0. The lowest BCUT2D eigenvalue weighted by molar-refractivity contribution is 0.0425. The Morgan fingerprint density at radius 3 is 2.12 bits per heavy atom. The van der Waals surface area contributed by atoms with Gasteiger partial charge in [0.05, 0.1) is 4.47 Å². The molecule has 2 aromatic rings. The molecule has 0 nitrogen and oxygen atoms in total. The van der Waals surface area contributed by atoms with Crippen molar-refractivity contribution in [2.75, 3.05) is 0 Å². The van der Waals surface area contributed by atoms with Crippen LogP contribution >= 0.6 is 15.9 Å². The molecule has 2 aromatic carbocycles. The molecular weight excluding hydrogens is 293 g/mol. The lowest BCUT2D eigenvalue weighted by atomic mass is 10.0. The van der Waals surface area contributed by atoms with Crippen LogP contribution in [-0.4, -0.2) is 0 Å². The van der Waals surface area contributed by atoms with Gasteiger partial charge in [-0.15, -0.1) is 0 Å². The fourth-order valence-corrected chi connectivity index (χ4v) is 1.75.